The van der Waals surface area contributed by atoms with Crippen molar-refractivity contribution < 1.29 is 13.9 Å². The maximum atomic E-state index is 12.3. The molecule has 2 atom stereocenters. The molecule has 1 N–H and O–H groups in total. The lowest BCUT2D eigenvalue weighted by Gasteiger charge is -2.19. The molecule has 0 radical (unpaired) electrons. The molecule has 2 heterocycles. The summed E-state index contributed by atoms with van der Waals surface area (Å²) in [5, 5.41) is 3.98. The van der Waals surface area contributed by atoms with Crippen molar-refractivity contribution in [2.75, 3.05) is 6.61 Å². The van der Waals surface area contributed by atoms with Gasteiger partial charge in [-0.1, -0.05) is 23.2 Å². The summed E-state index contributed by atoms with van der Waals surface area (Å²) in [6.07, 6.45) is 2.06. The Balaban J connectivity index is 1.73. The van der Waals surface area contributed by atoms with Crippen molar-refractivity contribution in [3.8, 4) is 11.3 Å². The highest BCUT2D eigenvalue weighted by Crippen LogP contribution is 2.31. The first kappa shape index (κ1) is 16.4. The first-order chi connectivity index (χ1) is 11.0. The normalized spacial score (nSPS) is 18.8. The van der Waals surface area contributed by atoms with Gasteiger partial charge in [-0.15, -0.1) is 0 Å². The fourth-order valence-corrected chi connectivity index (χ4v) is 3.04. The predicted molar refractivity (Wildman–Crippen MR) is 90.1 cm³/mol. The smallest absolute Gasteiger partial charge is 0.287 e. The van der Waals surface area contributed by atoms with Crippen LogP contribution >= 0.6 is 23.2 Å². The van der Waals surface area contributed by atoms with Crippen molar-refractivity contribution in [1.29, 1.82) is 0 Å². The third kappa shape index (κ3) is 3.71. The molecule has 0 bridgehead atoms. The van der Waals surface area contributed by atoms with Crippen LogP contribution in [-0.2, 0) is 4.74 Å². The maximum absolute atomic E-state index is 12.3. The minimum Gasteiger partial charge on any atom is -0.451 e. The summed E-state index contributed by atoms with van der Waals surface area (Å²) in [5.74, 6) is 0.478. The lowest BCUT2D eigenvalue weighted by molar-refractivity contribution is 0.0697. The third-order valence-electron chi connectivity index (χ3n) is 3.91. The molecule has 1 aromatic carbocycles. The van der Waals surface area contributed by atoms with Crippen LogP contribution in [0.3, 0.4) is 0 Å². The molecular formula is C17H17Cl2NO3. The fraction of sp³-hybridized carbons (Fsp3) is 0.353. The molecule has 23 heavy (non-hydrogen) atoms. The number of amides is 1. The van der Waals surface area contributed by atoms with E-state index in [2.05, 4.69) is 5.32 Å². The van der Waals surface area contributed by atoms with Gasteiger partial charge in [-0.3, -0.25) is 4.79 Å². The predicted octanol–water partition coefficient (Wildman–Crippen LogP) is 4.55. The zero-order valence-electron chi connectivity index (χ0n) is 12.6. The molecule has 1 amide bonds. The molecular weight excluding hydrogens is 337 g/mol. The zero-order chi connectivity index (χ0) is 16.4. The molecule has 122 valence electrons. The van der Waals surface area contributed by atoms with Crippen molar-refractivity contribution in [3.63, 3.8) is 0 Å². The number of benzene rings is 1. The molecule has 1 aliphatic heterocycles. The second kappa shape index (κ2) is 6.95. The summed E-state index contributed by atoms with van der Waals surface area (Å²) in [5.41, 5.74) is 0.658. The lowest BCUT2D eigenvalue weighted by atomic mass is 10.1. The Kier molecular flexibility index (Phi) is 4.95. The Bertz CT molecular complexity index is 708. The van der Waals surface area contributed by atoms with Gasteiger partial charge in [-0.25, -0.2) is 0 Å². The zero-order valence-corrected chi connectivity index (χ0v) is 14.2. The highest BCUT2D eigenvalue weighted by molar-refractivity contribution is 6.35. The average Bonchev–Trinajstić information content (AvgIpc) is 3.20. The van der Waals surface area contributed by atoms with Gasteiger partial charge < -0.3 is 14.5 Å². The second-order valence-electron chi connectivity index (χ2n) is 5.60. The molecule has 4 nitrogen and oxygen atoms in total. The Hall–Kier alpha value is -1.49. The van der Waals surface area contributed by atoms with Gasteiger partial charge in [0.05, 0.1) is 17.2 Å². The van der Waals surface area contributed by atoms with E-state index in [1.807, 2.05) is 6.92 Å². The van der Waals surface area contributed by atoms with E-state index in [-0.39, 0.29) is 23.8 Å². The van der Waals surface area contributed by atoms with Gasteiger partial charge in [0.15, 0.2) is 5.76 Å². The Morgan fingerprint density at radius 2 is 2.13 bits per heavy atom. The average molecular weight is 354 g/mol. The molecule has 0 aliphatic carbocycles. The molecule has 1 saturated heterocycles. The maximum Gasteiger partial charge on any atom is 0.287 e. The van der Waals surface area contributed by atoms with Crippen LogP contribution in [-0.4, -0.2) is 24.7 Å². The van der Waals surface area contributed by atoms with Gasteiger partial charge in [-0.2, -0.15) is 0 Å². The van der Waals surface area contributed by atoms with E-state index in [1.165, 1.54) is 0 Å². The number of furan rings is 1. The van der Waals surface area contributed by atoms with Gasteiger partial charge in [-0.05, 0) is 50.1 Å². The van der Waals surface area contributed by atoms with E-state index in [4.69, 9.17) is 32.4 Å². The molecule has 1 aromatic heterocycles. The van der Waals surface area contributed by atoms with E-state index < -0.39 is 0 Å². The summed E-state index contributed by atoms with van der Waals surface area (Å²) < 4.78 is 11.2. The molecule has 0 spiro atoms. The first-order valence-electron chi connectivity index (χ1n) is 7.52. The minimum atomic E-state index is -0.266. The molecule has 3 rings (SSSR count). The monoisotopic (exact) mass is 353 g/mol. The summed E-state index contributed by atoms with van der Waals surface area (Å²) in [6, 6.07) is 8.38. The van der Waals surface area contributed by atoms with Crippen LogP contribution in [0.4, 0.5) is 0 Å². The fourth-order valence-electron chi connectivity index (χ4n) is 2.66. The van der Waals surface area contributed by atoms with E-state index in [1.54, 1.807) is 30.3 Å². The van der Waals surface area contributed by atoms with Gasteiger partial charge in [0, 0.05) is 17.2 Å². The third-order valence-corrected chi connectivity index (χ3v) is 4.47. The standard InChI is InChI=1S/C17H17Cl2NO3/c1-10(14-3-2-8-22-14)20-17(21)16-7-6-15(23-16)12-9-11(18)4-5-13(12)19/h4-7,9-10,14H,2-3,8H2,1H3,(H,20,21)/t10-,14+/m0/s1. The van der Waals surface area contributed by atoms with Gasteiger partial charge in [0.2, 0.25) is 0 Å². The van der Waals surface area contributed by atoms with Crippen molar-refractivity contribution in [2.45, 2.75) is 31.9 Å². The number of hydrogen-bond acceptors (Lipinski definition) is 3. The summed E-state index contributed by atoms with van der Waals surface area (Å²) in [6.45, 7) is 2.69. The van der Waals surface area contributed by atoms with Crippen LogP contribution in [0.25, 0.3) is 11.3 Å². The van der Waals surface area contributed by atoms with Crippen molar-refractivity contribution >= 4 is 29.1 Å². The molecule has 1 fully saturated rings. The van der Waals surface area contributed by atoms with E-state index in [0.29, 0.717) is 21.4 Å². The van der Waals surface area contributed by atoms with E-state index >= 15 is 0 Å². The van der Waals surface area contributed by atoms with Crippen molar-refractivity contribution in [2.24, 2.45) is 0 Å². The van der Waals surface area contributed by atoms with Gasteiger partial charge >= 0.3 is 0 Å². The molecule has 0 saturated carbocycles. The SMILES string of the molecule is C[C@H](NC(=O)c1ccc(-c2cc(Cl)ccc2Cl)o1)[C@H]1CCCO1. The Morgan fingerprint density at radius 1 is 1.30 bits per heavy atom. The number of rotatable bonds is 4. The highest BCUT2D eigenvalue weighted by Gasteiger charge is 2.25. The van der Waals surface area contributed by atoms with Crippen LogP contribution in [0.5, 0.6) is 0 Å². The van der Waals surface area contributed by atoms with Crippen LogP contribution in [0.15, 0.2) is 34.7 Å². The number of ether oxygens (including phenoxy) is 1. The number of carbonyl (C=O) groups is 1. The van der Waals surface area contributed by atoms with Crippen LogP contribution in [0, 0.1) is 0 Å². The number of nitrogens with one attached hydrogen (secondary N) is 1. The van der Waals surface area contributed by atoms with Crippen LogP contribution in [0.1, 0.15) is 30.3 Å². The Labute approximate surface area is 144 Å². The topological polar surface area (TPSA) is 51.5 Å². The number of halogens is 2. The Morgan fingerprint density at radius 3 is 2.87 bits per heavy atom. The van der Waals surface area contributed by atoms with Gasteiger partial charge in [0.25, 0.3) is 5.91 Å². The molecule has 1 aliphatic rings. The number of carbonyl (C=O) groups excluding carboxylic acids is 1. The quantitative estimate of drug-likeness (QED) is 0.876. The minimum absolute atomic E-state index is 0.0618. The van der Waals surface area contributed by atoms with E-state index in [0.717, 1.165) is 19.4 Å². The van der Waals surface area contributed by atoms with Gasteiger partial charge in [0.1, 0.15) is 5.76 Å². The van der Waals surface area contributed by atoms with Crippen molar-refractivity contribution in [1.82, 2.24) is 5.32 Å². The lowest BCUT2D eigenvalue weighted by Crippen LogP contribution is -2.40. The summed E-state index contributed by atoms with van der Waals surface area (Å²) in [4.78, 5) is 12.3. The van der Waals surface area contributed by atoms with Crippen LogP contribution < -0.4 is 5.32 Å². The highest BCUT2D eigenvalue weighted by atomic mass is 35.5. The van der Waals surface area contributed by atoms with E-state index in [9.17, 15) is 4.79 Å². The van der Waals surface area contributed by atoms with Crippen LogP contribution in [0.2, 0.25) is 10.0 Å². The summed E-state index contributed by atoms with van der Waals surface area (Å²) >= 11 is 12.1. The molecule has 6 heteroatoms. The first-order valence-corrected chi connectivity index (χ1v) is 8.28. The number of hydrogen-bond donors (Lipinski definition) is 1. The molecule has 0 unspecified atom stereocenters. The summed E-state index contributed by atoms with van der Waals surface area (Å²) in [7, 11) is 0. The molecule has 2 aromatic rings. The largest absolute Gasteiger partial charge is 0.451 e. The van der Waals surface area contributed by atoms with Crippen molar-refractivity contribution in [3.05, 3.63) is 46.1 Å². The second-order valence-corrected chi connectivity index (χ2v) is 6.45.